The summed E-state index contributed by atoms with van der Waals surface area (Å²) in [6.45, 7) is 3.28. The van der Waals surface area contributed by atoms with Crippen LogP contribution in [-0.4, -0.2) is 65.4 Å². The van der Waals surface area contributed by atoms with Crippen LogP contribution in [-0.2, 0) is 11.2 Å². The molecule has 6 nitrogen and oxygen atoms in total. The number of hydrogen-bond acceptors (Lipinski definition) is 6. The van der Waals surface area contributed by atoms with E-state index in [1.807, 2.05) is 18.2 Å². The van der Waals surface area contributed by atoms with E-state index in [4.69, 9.17) is 9.97 Å². The SMILES string of the molecule is CCCc1nc2c(NC(=O)CCCCCN(C)C3CCC(N(C)C)CC3)nc3ccccc3c2s1. The third kappa shape index (κ3) is 6.57. The van der Waals surface area contributed by atoms with Crippen molar-refractivity contribution in [3.05, 3.63) is 29.3 Å². The number of anilines is 1. The Morgan fingerprint density at radius 1 is 1.03 bits per heavy atom. The van der Waals surface area contributed by atoms with Crippen molar-refractivity contribution in [1.82, 2.24) is 19.8 Å². The number of aromatic nitrogens is 2. The summed E-state index contributed by atoms with van der Waals surface area (Å²) < 4.78 is 1.12. The lowest BCUT2D eigenvalue weighted by molar-refractivity contribution is -0.116. The van der Waals surface area contributed by atoms with Crippen LogP contribution in [0.4, 0.5) is 5.82 Å². The molecule has 0 bridgehead atoms. The zero-order valence-corrected chi connectivity index (χ0v) is 22.7. The maximum absolute atomic E-state index is 12.8. The number of carbonyl (C=O) groups is 1. The molecule has 1 aliphatic rings. The van der Waals surface area contributed by atoms with Crippen molar-refractivity contribution in [1.29, 1.82) is 0 Å². The lowest BCUT2D eigenvalue weighted by Gasteiger charge is -2.37. The van der Waals surface area contributed by atoms with E-state index in [0.29, 0.717) is 18.3 Å². The largest absolute Gasteiger partial charge is 0.309 e. The molecule has 0 atom stereocenters. The van der Waals surface area contributed by atoms with E-state index in [9.17, 15) is 4.79 Å². The molecule has 0 radical (unpaired) electrons. The Balaban J connectivity index is 1.26. The minimum absolute atomic E-state index is 0.0366. The lowest BCUT2D eigenvalue weighted by Crippen LogP contribution is -2.40. The standard InChI is InChI=1S/C28H41N5OS/c1-5-11-25-31-26-27(35-25)22-12-8-9-13-23(22)29-28(26)30-24(34)14-7-6-10-19-33(4)21-17-15-20(16-18-21)32(2)3/h8-9,12-13,20-21H,5-7,10-11,14-19H2,1-4H3,(H,29,30,34). The van der Waals surface area contributed by atoms with Crippen molar-refractivity contribution in [2.24, 2.45) is 0 Å². The van der Waals surface area contributed by atoms with E-state index in [1.54, 1.807) is 11.3 Å². The number of hydrogen-bond donors (Lipinski definition) is 1. The number of amides is 1. The molecule has 4 rings (SSSR count). The van der Waals surface area contributed by atoms with Gasteiger partial charge in [-0.2, -0.15) is 0 Å². The van der Waals surface area contributed by atoms with E-state index < -0.39 is 0 Å². The van der Waals surface area contributed by atoms with Crippen LogP contribution in [0.25, 0.3) is 21.1 Å². The molecule has 1 amide bonds. The molecule has 1 aromatic carbocycles. The molecule has 1 aliphatic carbocycles. The minimum atomic E-state index is 0.0366. The number of nitrogens with one attached hydrogen (secondary N) is 1. The van der Waals surface area contributed by atoms with Gasteiger partial charge in [-0.05, 0) is 85.1 Å². The maximum atomic E-state index is 12.8. The van der Waals surface area contributed by atoms with Crippen LogP contribution >= 0.6 is 11.3 Å². The third-order valence-electron chi connectivity index (χ3n) is 7.43. The highest BCUT2D eigenvalue weighted by Gasteiger charge is 2.24. The Morgan fingerprint density at radius 3 is 2.51 bits per heavy atom. The van der Waals surface area contributed by atoms with E-state index in [0.717, 1.165) is 70.8 Å². The van der Waals surface area contributed by atoms with E-state index in [1.165, 1.54) is 25.7 Å². The number of carbonyl (C=O) groups excluding carboxylic acids is 1. The summed E-state index contributed by atoms with van der Waals surface area (Å²) in [7, 11) is 6.67. The fraction of sp³-hybridized carbons (Fsp3) is 0.607. The molecular weight excluding hydrogens is 454 g/mol. The predicted molar refractivity (Wildman–Crippen MR) is 148 cm³/mol. The van der Waals surface area contributed by atoms with Crippen molar-refractivity contribution in [3.63, 3.8) is 0 Å². The van der Waals surface area contributed by atoms with Crippen molar-refractivity contribution in [2.45, 2.75) is 83.2 Å². The van der Waals surface area contributed by atoms with Gasteiger partial charge in [0.15, 0.2) is 5.82 Å². The molecule has 0 aliphatic heterocycles. The number of para-hydroxylation sites is 1. The average molecular weight is 496 g/mol. The van der Waals surface area contributed by atoms with Gasteiger partial charge in [0.2, 0.25) is 5.91 Å². The molecule has 0 spiro atoms. The molecule has 1 saturated carbocycles. The summed E-state index contributed by atoms with van der Waals surface area (Å²) in [4.78, 5) is 27.3. The minimum Gasteiger partial charge on any atom is -0.309 e. The highest BCUT2D eigenvalue weighted by atomic mass is 32.1. The second-order valence-electron chi connectivity index (χ2n) is 10.3. The number of rotatable bonds is 11. The van der Waals surface area contributed by atoms with Gasteiger partial charge in [0, 0.05) is 23.9 Å². The van der Waals surface area contributed by atoms with Gasteiger partial charge in [-0.1, -0.05) is 31.5 Å². The Bertz CT molecular complexity index is 1120. The zero-order valence-electron chi connectivity index (χ0n) is 21.8. The van der Waals surface area contributed by atoms with Crippen molar-refractivity contribution in [2.75, 3.05) is 33.0 Å². The molecular formula is C28H41N5OS. The number of pyridine rings is 1. The summed E-state index contributed by atoms with van der Waals surface area (Å²) in [5.74, 6) is 0.643. The van der Waals surface area contributed by atoms with E-state index in [2.05, 4.69) is 49.2 Å². The Labute approximate surface area is 214 Å². The van der Waals surface area contributed by atoms with Gasteiger partial charge in [0.1, 0.15) is 5.52 Å². The number of aryl methyl sites for hydroxylation is 1. The first-order chi connectivity index (χ1) is 17.0. The lowest BCUT2D eigenvalue weighted by atomic mass is 9.89. The van der Waals surface area contributed by atoms with Crippen LogP contribution in [0, 0.1) is 0 Å². The van der Waals surface area contributed by atoms with Crippen LogP contribution < -0.4 is 5.32 Å². The normalized spacial score (nSPS) is 18.7. The molecule has 35 heavy (non-hydrogen) atoms. The van der Waals surface area contributed by atoms with Crippen LogP contribution in [0.2, 0.25) is 0 Å². The molecule has 2 aromatic heterocycles. The maximum Gasteiger partial charge on any atom is 0.225 e. The van der Waals surface area contributed by atoms with E-state index in [-0.39, 0.29) is 5.91 Å². The Hall–Kier alpha value is -2.09. The van der Waals surface area contributed by atoms with Gasteiger partial charge in [-0.3, -0.25) is 4.79 Å². The second kappa shape index (κ2) is 12.2. The second-order valence-corrected chi connectivity index (χ2v) is 11.4. The molecule has 190 valence electrons. The Kier molecular flexibility index (Phi) is 9.09. The van der Waals surface area contributed by atoms with Gasteiger partial charge in [0.05, 0.1) is 15.2 Å². The van der Waals surface area contributed by atoms with Crippen molar-refractivity contribution in [3.8, 4) is 0 Å². The van der Waals surface area contributed by atoms with Crippen LogP contribution in [0.3, 0.4) is 0 Å². The topological polar surface area (TPSA) is 61.4 Å². The summed E-state index contributed by atoms with van der Waals surface area (Å²) in [6, 6.07) is 9.59. The average Bonchev–Trinajstić information content (AvgIpc) is 3.28. The fourth-order valence-electron chi connectivity index (χ4n) is 5.27. The Morgan fingerprint density at radius 2 is 1.77 bits per heavy atom. The third-order valence-corrected chi connectivity index (χ3v) is 8.58. The number of unbranched alkanes of at least 4 members (excludes halogenated alkanes) is 2. The summed E-state index contributed by atoms with van der Waals surface area (Å²) in [6.07, 6.45) is 10.9. The highest BCUT2D eigenvalue weighted by molar-refractivity contribution is 7.19. The van der Waals surface area contributed by atoms with Crippen LogP contribution in [0.5, 0.6) is 0 Å². The van der Waals surface area contributed by atoms with Crippen molar-refractivity contribution >= 4 is 44.2 Å². The van der Waals surface area contributed by atoms with Gasteiger partial charge >= 0.3 is 0 Å². The summed E-state index contributed by atoms with van der Waals surface area (Å²) in [5, 5.41) is 5.29. The smallest absolute Gasteiger partial charge is 0.225 e. The number of fused-ring (bicyclic) bond motifs is 3. The number of nitrogens with zero attached hydrogens (tertiary/aromatic N) is 4. The first kappa shape index (κ1) is 26.0. The van der Waals surface area contributed by atoms with Gasteiger partial charge < -0.3 is 15.1 Å². The number of benzene rings is 1. The van der Waals surface area contributed by atoms with E-state index >= 15 is 0 Å². The fourth-order valence-corrected chi connectivity index (χ4v) is 6.47. The van der Waals surface area contributed by atoms with Crippen molar-refractivity contribution < 1.29 is 4.79 Å². The van der Waals surface area contributed by atoms with Crippen LogP contribution in [0.15, 0.2) is 24.3 Å². The summed E-state index contributed by atoms with van der Waals surface area (Å²) in [5.41, 5.74) is 1.74. The molecule has 2 heterocycles. The molecule has 7 heteroatoms. The predicted octanol–water partition coefficient (Wildman–Crippen LogP) is 6.10. The summed E-state index contributed by atoms with van der Waals surface area (Å²) >= 11 is 1.72. The van der Waals surface area contributed by atoms with Gasteiger partial charge in [-0.25, -0.2) is 9.97 Å². The zero-order chi connectivity index (χ0) is 24.8. The molecule has 1 N–H and O–H groups in total. The molecule has 1 fully saturated rings. The molecule has 0 saturated heterocycles. The first-order valence-electron chi connectivity index (χ1n) is 13.3. The van der Waals surface area contributed by atoms with Gasteiger partial charge in [0.25, 0.3) is 0 Å². The number of thiazole rings is 1. The quantitative estimate of drug-likeness (QED) is 0.326. The monoisotopic (exact) mass is 495 g/mol. The first-order valence-corrected chi connectivity index (χ1v) is 14.1. The molecule has 3 aromatic rings. The van der Waals surface area contributed by atoms with Crippen LogP contribution in [0.1, 0.15) is 69.7 Å². The highest BCUT2D eigenvalue weighted by Crippen LogP contribution is 2.34. The van der Waals surface area contributed by atoms with Gasteiger partial charge in [-0.15, -0.1) is 11.3 Å². The molecule has 0 unspecified atom stereocenters.